The Morgan fingerprint density at radius 3 is 1.43 bits per heavy atom. The summed E-state index contributed by atoms with van der Waals surface area (Å²) in [6, 6.07) is 73.6. The van der Waals surface area contributed by atoms with Crippen molar-refractivity contribution in [1.82, 2.24) is 13.7 Å². The molecule has 0 saturated carbocycles. The van der Waals surface area contributed by atoms with E-state index in [0.29, 0.717) is 0 Å². The van der Waals surface area contributed by atoms with Crippen LogP contribution in [0.25, 0.3) is 105 Å². The van der Waals surface area contributed by atoms with Crippen LogP contribution in [-0.4, -0.2) is 13.7 Å². The minimum atomic E-state index is 1.15. The fraction of sp³-hybridized carbons (Fsp3) is 0. The van der Waals surface area contributed by atoms with Crippen LogP contribution in [-0.2, 0) is 0 Å². The minimum absolute atomic E-state index is 1.15. The lowest BCUT2D eigenvalue weighted by Gasteiger charge is -2.22. The van der Waals surface area contributed by atoms with Gasteiger partial charge in [-0.3, -0.25) is 0 Å². The van der Waals surface area contributed by atoms with E-state index < -0.39 is 0 Å². The summed E-state index contributed by atoms with van der Waals surface area (Å²) in [6.07, 6.45) is 0. The lowest BCUT2D eigenvalue weighted by molar-refractivity contribution is 1.09. The van der Waals surface area contributed by atoms with Gasteiger partial charge >= 0.3 is 0 Å². The molecule has 3 aromatic heterocycles. The summed E-state index contributed by atoms with van der Waals surface area (Å²) in [4.78, 5) is 2.59. The van der Waals surface area contributed by atoms with Crippen molar-refractivity contribution in [3.05, 3.63) is 200 Å². The molecule has 0 aliphatic carbocycles. The SMILES string of the molecule is c1ccc(-n2c3ccccc3c3cc(-c4ccc5c(c4)c4ccccc4n5-c4ccc(-c5cccc6c5Sc5cccc7c8ccccc8n-6c57)cc4)ccc32)cc1. The Kier molecular flexibility index (Phi) is 6.66. The van der Waals surface area contributed by atoms with Crippen molar-refractivity contribution < 1.29 is 0 Å². The molecule has 0 radical (unpaired) electrons. The van der Waals surface area contributed by atoms with Gasteiger partial charge in [0.1, 0.15) is 0 Å². The zero-order valence-electron chi connectivity index (χ0n) is 31.3. The smallest absolute Gasteiger partial charge is 0.0681 e. The van der Waals surface area contributed by atoms with Crippen LogP contribution >= 0.6 is 11.8 Å². The van der Waals surface area contributed by atoms with E-state index in [4.69, 9.17) is 0 Å². The monoisotopic (exact) mass is 755 g/mol. The molecule has 0 N–H and O–H groups in total. The second kappa shape index (κ2) is 12.1. The molecule has 1 aliphatic rings. The average Bonchev–Trinajstić information content (AvgIpc) is 3.93. The summed E-state index contributed by atoms with van der Waals surface area (Å²) < 4.78 is 7.27. The minimum Gasteiger partial charge on any atom is -0.309 e. The van der Waals surface area contributed by atoms with Gasteiger partial charge in [-0.25, -0.2) is 0 Å². The van der Waals surface area contributed by atoms with Crippen LogP contribution in [0.15, 0.2) is 210 Å². The van der Waals surface area contributed by atoms with Gasteiger partial charge in [0, 0.05) is 53.5 Å². The lowest BCUT2D eigenvalue weighted by atomic mass is 10.0. The first-order chi connectivity index (χ1) is 28.8. The number of para-hydroxylation sites is 5. The molecule has 1 aliphatic heterocycles. The number of hydrogen-bond acceptors (Lipinski definition) is 1. The Labute approximate surface area is 338 Å². The van der Waals surface area contributed by atoms with Crippen molar-refractivity contribution in [2.45, 2.75) is 9.79 Å². The molecule has 9 aromatic carbocycles. The van der Waals surface area contributed by atoms with Gasteiger partial charge in [0.05, 0.1) is 38.8 Å². The van der Waals surface area contributed by atoms with E-state index >= 15 is 0 Å². The highest BCUT2D eigenvalue weighted by atomic mass is 32.2. The van der Waals surface area contributed by atoms with E-state index in [-0.39, 0.29) is 0 Å². The molecule has 12 aromatic rings. The lowest BCUT2D eigenvalue weighted by Crippen LogP contribution is -2.03. The van der Waals surface area contributed by atoms with Crippen LogP contribution in [0.4, 0.5) is 0 Å². The predicted octanol–water partition coefficient (Wildman–Crippen LogP) is 14.8. The second-order valence-electron chi connectivity index (χ2n) is 15.3. The number of fused-ring (bicyclic) bond motifs is 11. The van der Waals surface area contributed by atoms with Gasteiger partial charge in [0.15, 0.2) is 0 Å². The largest absolute Gasteiger partial charge is 0.309 e. The van der Waals surface area contributed by atoms with Crippen LogP contribution in [0, 0.1) is 0 Å². The highest BCUT2D eigenvalue weighted by molar-refractivity contribution is 8.00. The summed E-state index contributed by atoms with van der Waals surface area (Å²) in [6.45, 7) is 0. The second-order valence-corrected chi connectivity index (χ2v) is 16.4. The summed E-state index contributed by atoms with van der Waals surface area (Å²) in [5.74, 6) is 0. The summed E-state index contributed by atoms with van der Waals surface area (Å²) in [5, 5.41) is 7.64. The van der Waals surface area contributed by atoms with Gasteiger partial charge in [0.25, 0.3) is 0 Å². The van der Waals surface area contributed by atoms with Crippen molar-refractivity contribution in [2.75, 3.05) is 0 Å². The molecule has 0 saturated heterocycles. The Bertz CT molecular complexity index is 3640. The average molecular weight is 756 g/mol. The van der Waals surface area contributed by atoms with Gasteiger partial charge in [-0.05, 0) is 101 Å². The van der Waals surface area contributed by atoms with E-state index in [0.717, 1.165) is 5.69 Å². The maximum Gasteiger partial charge on any atom is 0.0681 e. The van der Waals surface area contributed by atoms with Gasteiger partial charge in [-0.1, -0.05) is 133 Å². The first-order valence-electron chi connectivity index (χ1n) is 19.8. The molecule has 3 nitrogen and oxygen atoms in total. The molecule has 270 valence electrons. The van der Waals surface area contributed by atoms with Gasteiger partial charge in [-0.2, -0.15) is 0 Å². The maximum atomic E-state index is 2.47. The Balaban J connectivity index is 0.918. The van der Waals surface area contributed by atoms with Crippen molar-refractivity contribution >= 4 is 77.2 Å². The number of benzene rings is 9. The molecule has 13 rings (SSSR count). The fourth-order valence-electron chi connectivity index (χ4n) is 9.69. The third-order valence-electron chi connectivity index (χ3n) is 12.2. The van der Waals surface area contributed by atoms with Crippen molar-refractivity contribution in [1.29, 1.82) is 0 Å². The van der Waals surface area contributed by atoms with E-state index in [9.17, 15) is 0 Å². The number of nitrogens with zero attached hydrogens (tertiary/aromatic N) is 3. The number of hydrogen-bond donors (Lipinski definition) is 0. The Hall–Kier alpha value is -7.27. The number of rotatable bonds is 4. The van der Waals surface area contributed by atoms with Crippen molar-refractivity contribution in [3.8, 4) is 39.3 Å². The topological polar surface area (TPSA) is 14.8 Å². The normalized spacial score (nSPS) is 12.4. The van der Waals surface area contributed by atoms with E-state index in [1.165, 1.54) is 109 Å². The summed E-state index contributed by atoms with van der Waals surface area (Å²) >= 11 is 1.89. The molecule has 4 heteroatoms. The molecular formula is C54H33N3S. The first-order valence-corrected chi connectivity index (χ1v) is 20.7. The zero-order chi connectivity index (χ0) is 37.9. The Morgan fingerprint density at radius 1 is 0.310 bits per heavy atom. The first kappa shape index (κ1) is 31.9. The standard InChI is InChI=1S/C54H33N3S/c1-2-12-37(13-3-1)55-46-19-7-5-15-41(46)44-32-35(26-30-49(44)55)36-27-31-50-45(33-36)42-16-6-8-20-47(42)56(50)38-28-24-34(25-29-38)39-17-10-22-51-54(39)58-52-23-11-18-43-40-14-4-9-21-48(40)57(51)53(43)52/h1-33H. The number of aromatic nitrogens is 3. The third-order valence-corrected chi connectivity index (χ3v) is 13.4. The molecule has 0 bridgehead atoms. The predicted molar refractivity (Wildman–Crippen MR) is 244 cm³/mol. The van der Waals surface area contributed by atoms with Gasteiger partial charge in [0.2, 0.25) is 0 Å². The van der Waals surface area contributed by atoms with E-state index in [2.05, 4.69) is 214 Å². The molecule has 0 fully saturated rings. The van der Waals surface area contributed by atoms with E-state index in [1.807, 2.05) is 11.8 Å². The Morgan fingerprint density at radius 2 is 0.793 bits per heavy atom. The molecule has 0 amide bonds. The zero-order valence-corrected chi connectivity index (χ0v) is 32.1. The maximum absolute atomic E-state index is 2.47. The molecule has 58 heavy (non-hydrogen) atoms. The third kappa shape index (κ3) is 4.46. The summed E-state index contributed by atoms with van der Waals surface area (Å²) in [7, 11) is 0. The van der Waals surface area contributed by atoms with Crippen molar-refractivity contribution in [2.24, 2.45) is 0 Å². The fourth-order valence-corrected chi connectivity index (χ4v) is 10.9. The summed E-state index contributed by atoms with van der Waals surface area (Å²) in [5.41, 5.74) is 15.9. The quantitative estimate of drug-likeness (QED) is 0.175. The van der Waals surface area contributed by atoms with E-state index in [1.54, 1.807) is 0 Å². The molecular weight excluding hydrogens is 723 g/mol. The van der Waals surface area contributed by atoms with Crippen molar-refractivity contribution in [3.63, 3.8) is 0 Å². The molecule has 4 heterocycles. The highest BCUT2D eigenvalue weighted by Crippen LogP contribution is 2.50. The van der Waals surface area contributed by atoms with Gasteiger partial charge < -0.3 is 13.7 Å². The molecule has 0 unspecified atom stereocenters. The van der Waals surface area contributed by atoms with Gasteiger partial charge in [-0.15, -0.1) is 0 Å². The van der Waals surface area contributed by atoms with Crippen LogP contribution in [0.3, 0.4) is 0 Å². The van der Waals surface area contributed by atoms with Crippen LogP contribution < -0.4 is 0 Å². The van der Waals surface area contributed by atoms with Crippen LogP contribution in [0.1, 0.15) is 0 Å². The highest BCUT2D eigenvalue weighted by Gasteiger charge is 2.25. The molecule has 0 spiro atoms. The van der Waals surface area contributed by atoms with Crippen LogP contribution in [0.2, 0.25) is 0 Å². The molecule has 0 atom stereocenters. The van der Waals surface area contributed by atoms with Crippen LogP contribution in [0.5, 0.6) is 0 Å².